The minimum Gasteiger partial charge on any atom is -0.366 e. The van der Waals surface area contributed by atoms with Gasteiger partial charge in [-0.25, -0.2) is 4.98 Å². The van der Waals surface area contributed by atoms with E-state index < -0.39 is 0 Å². The molecule has 0 atom stereocenters. The second kappa shape index (κ2) is 11.4. The van der Waals surface area contributed by atoms with Crippen molar-refractivity contribution in [1.29, 1.82) is 0 Å². The third-order valence-electron chi connectivity index (χ3n) is 5.74. The Kier molecular flexibility index (Phi) is 7.63. The fourth-order valence-corrected chi connectivity index (χ4v) is 4.48. The highest BCUT2D eigenvalue weighted by Gasteiger charge is 2.13. The molecule has 0 aliphatic rings. The first-order valence-electron chi connectivity index (χ1n) is 11.7. The number of amides is 1. The van der Waals surface area contributed by atoms with Crippen LogP contribution in [0.3, 0.4) is 0 Å². The van der Waals surface area contributed by atoms with E-state index in [2.05, 4.69) is 37.7 Å². The Morgan fingerprint density at radius 2 is 1.70 bits per heavy atom. The Bertz CT molecular complexity index is 1580. The van der Waals surface area contributed by atoms with Crippen LogP contribution < -0.4 is 10.6 Å². The first kappa shape index (κ1) is 24.7. The van der Waals surface area contributed by atoms with E-state index in [9.17, 15) is 4.79 Å². The van der Waals surface area contributed by atoms with Crippen LogP contribution in [-0.2, 0) is 17.9 Å². The molecule has 2 aromatic heterocycles. The molecule has 0 radical (unpaired) electrons. The third kappa shape index (κ3) is 6.07. The largest absolute Gasteiger partial charge is 0.366 e. The van der Waals surface area contributed by atoms with Crippen molar-refractivity contribution in [3.8, 4) is 11.3 Å². The standard InChI is InChI=1S/C29H23BrClN5O/c30-24-19-34-36-27(16-26(35-29(24)36)23-11-4-5-12-25(23)31)32-17-21-9-6-10-22(15-21)18-33-28(37)14-13-20-7-2-1-3-8-20/h1-16,19,32H,17-18H2,(H,33,37). The maximum atomic E-state index is 12.2. The molecule has 2 N–H and O–H groups in total. The van der Waals surface area contributed by atoms with Gasteiger partial charge in [0.2, 0.25) is 5.91 Å². The summed E-state index contributed by atoms with van der Waals surface area (Å²) in [6.45, 7) is 1.00. The van der Waals surface area contributed by atoms with Gasteiger partial charge in [-0.2, -0.15) is 9.61 Å². The molecule has 2 heterocycles. The summed E-state index contributed by atoms with van der Waals surface area (Å²) in [6.07, 6.45) is 5.07. The summed E-state index contributed by atoms with van der Waals surface area (Å²) in [6, 6.07) is 27.4. The van der Waals surface area contributed by atoms with Crippen LogP contribution in [0, 0.1) is 0 Å². The number of benzene rings is 3. The number of rotatable bonds is 8. The van der Waals surface area contributed by atoms with E-state index in [0.29, 0.717) is 23.8 Å². The SMILES string of the molecule is O=C(C=Cc1ccccc1)NCc1cccc(CNc2cc(-c3ccccc3Cl)nc3c(Br)cnn23)c1. The first-order valence-corrected chi connectivity index (χ1v) is 12.9. The van der Waals surface area contributed by atoms with Gasteiger partial charge < -0.3 is 10.6 Å². The molecule has 5 aromatic rings. The molecule has 0 fully saturated rings. The summed E-state index contributed by atoms with van der Waals surface area (Å²) in [5.74, 6) is 0.651. The summed E-state index contributed by atoms with van der Waals surface area (Å²) < 4.78 is 2.55. The molecule has 0 unspecified atom stereocenters. The quantitative estimate of drug-likeness (QED) is 0.202. The predicted molar refractivity (Wildman–Crippen MR) is 152 cm³/mol. The molecule has 0 saturated carbocycles. The molecule has 5 rings (SSSR count). The van der Waals surface area contributed by atoms with E-state index in [-0.39, 0.29) is 5.91 Å². The zero-order valence-corrected chi connectivity index (χ0v) is 22.1. The van der Waals surface area contributed by atoms with Gasteiger partial charge >= 0.3 is 0 Å². The summed E-state index contributed by atoms with van der Waals surface area (Å²) in [5, 5.41) is 11.5. The molecule has 184 valence electrons. The minimum absolute atomic E-state index is 0.136. The number of carbonyl (C=O) groups is 1. The average Bonchev–Trinajstić information content (AvgIpc) is 3.31. The van der Waals surface area contributed by atoms with E-state index in [0.717, 1.165) is 38.2 Å². The molecule has 0 aliphatic carbocycles. The number of fused-ring (bicyclic) bond motifs is 1. The van der Waals surface area contributed by atoms with Gasteiger partial charge in [-0.05, 0) is 44.8 Å². The second-order valence-corrected chi connectivity index (χ2v) is 9.63. The van der Waals surface area contributed by atoms with Crippen LogP contribution in [0.5, 0.6) is 0 Å². The van der Waals surface area contributed by atoms with E-state index in [1.54, 1.807) is 22.9 Å². The van der Waals surface area contributed by atoms with Crippen molar-refractivity contribution in [2.75, 3.05) is 5.32 Å². The van der Waals surface area contributed by atoms with Crippen molar-refractivity contribution in [3.05, 3.63) is 123 Å². The summed E-state index contributed by atoms with van der Waals surface area (Å²) in [5.41, 5.74) is 5.36. The first-order chi connectivity index (χ1) is 18.1. The fourth-order valence-electron chi connectivity index (χ4n) is 3.90. The lowest BCUT2D eigenvalue weighted by molar-refractivity contribution is -0.116. The Morgan fingerprint density at radius 3 is 2.51 bits per heavy atom. The number of hydrogen-bond acceptors (Lipinski definition) is 4. The predicted octanol–water partition coefficient (Wildman–Crippen LogP) is 6.75. The van der Waals surface area contributed by atoms with Gasteiger partial charge in [-0.3, -0.25) is 4.79 Å². The van der Waals surface area contributed by atoms with E-state index >= 15 is 0 Å². The van der Waals surface area contributed by atoms with Gasteiger partial charge in [0.1, 0.15) is 5.82 Å². The number of anilines is 1. The molecule has 8 heteroatoms. The highest BCUT2D eigenvalue weighted by atomic mass is 79.9. The van der Waals surface area contributed by atoms with Crippen molar-refractivity contribution in [2.45, 2.75) is 13.1 Å². The lowest BCUT2D eigenvalue weighted by Crippen LogP contribution is -2.20. The van der Waals surface area contributed by atoms with Crippen molar-refractivity contribution >= 4 is 51.0 Å². The molecule has 0 spiro atoms. The highest BCUT2D eigenvalue weighted by Crippen LogP contribution is 2.30. The van der Waals surface area contributed by atoms with Crippen molar-refractivity contribution in [3.63, 3.8) is 0 Å². The van der Waals surface area contributed by atoms with Gasteiger partial charge in [0.05, 0.1) is 16.4 Å². The normalized spacial score (nSPS) is 11.2. The number of nitrogens with one attached hydrogen (secondary N) is 2. The Hall–Kier alpha value is -3.94. The van der Waals surface area contributed by atoms with Gasteiger partial charge in [0.15, 0.2) is 5.65 Å². The average molecular weight is 573 g/mol. The third-order valence-corrected chi connectivity index (χ3v) is 6.63. The number of nitrogens with zero attached hydrogens (tertiary/aromatic N) is 3. The number of hydrogen-bond donors (Lipinski definition) is 2. The maximum absolute atomic E-state index is 12.2. The number of aromatic nitrogens is 3. The molecular formula is C29H23BrClN5O. The molecule has 0 bridgehead atoms. The monoisotopic (exact) mass is 571 g/mol. The van der Waals surface area contributed by atoms with E-state index in [1.165, 1.54) is 0 Å². The Balaban J connectivity index is 1.28. The van der Waals surface area contributed by atoms with Gasteiger partial charge in [0, 0.05) is 35.8 Å². The second-order valence-electron chi connectivity index (χ2n) is 8.37. The number of carbonyl (C=O) groups excluding carboxylic acids is 1. The van der Waals surface area contributed by atoms with E-state index in [1.807, 2.05) is 78.9 Å². The van der Waals surface area contributed by atoms with Crippen LogP contribution in [0.1, 0.15) is 16.7 Å². The van der Waals surface area contributed by atoms with Crippen LogP contribution in [-0.4, -0.2) is 20.5 Å². The smallest absolute Gasteiger partial charge is 0.244 e. The highest BCUT2D eigenvalue weighted by molar-refractivity contribution is 9.10. The zero-order chi connectivity index (χ0) is 25.6. The molecule has 6 nitrogen and oxygen atoms in total. The van der Waals surface area contributed by atoms with Crippen LogP contribution in [0.25, 0.3) is 23.0 Å². The van der Waals surface area contributed by atoms with Crippen LogP contribution in [0.2, 0.25) is 5.02 Å². The van der Waals surface area contributed by atoms with Crippen LogP contribution >= 0.6 is 27.5 Å². The van der Waals surface area contributed by atoms with Crippen molar-refractivity contribution < 1.29 is 4.79 Å². The molecule has 0 aliphatic heterocycles. The molecule has 1 amide bonds. The van der Waals surface area contributed by atoms with Gasteiger partial charge in [0.25, 0.3) is 0 Å². The fraction of sp³-hybridized carbons (Fsp3) is 0.0690. The molecule has 37 heavy (non-hydrogen) atoms. The minimum atomic E-state index is -0.136. The van der Waals surface area contributed by atoms with Crippen molar-refractivity contribution in [2.24, 2.45) is 0 Å². The maximum Gasteiger partial charge on any atom is 0.244 e. The summed E-state index contributed by atoms with van der Waals surface area (Å²) >= 11 is 9.98. The number of halogens is 2. The van der Waals surface area contributed by atoms with Crippen LogP contribution in [0.4, 0.5) is 5.82 Å². The summed E-state index contributed by atoms with van der Waals surface area (Å²) in [4.78, 5) is 17.0. The Labute approximate surface area is 228 Å². The van der Waals surface area contributed by atoms with Gasteiger partial charge in [-0.1, -0.05) is 84.4 Å². The lowest BCUT2D eigenvalue weighted by atomic mass is 10.1. The molecular weight excluding hydrogens is 550 g/mol. The molecule has 0 saturated heterocycles. The van der Waals surface area contributed by atoms with Crippen LogP contribution in [0.15, 0.2) is 102 Å². The van der Waals surface area contributed by atoms with Gasteiger partial charge in [-0.15, -0.1) is 0 Å². The summed E-state index contributed by atoms with van der Waals surface area (Å²) in [7, 11) is 0. The zero-order valence-electron chi connectivity index (χ0n) is 19.7. The lowest BCUT2D eigenvalue weighted by Gasteiger charge is -2.12. The van der Waals surface area contributed by atoms with E-state index in [4.69, 9.17) is 16.6 Å². The topological polar surface area (TPSA) is 71.3 Å². The van der Waals surface area contributed by atoms with Crippen molar-refractivity contribution in [1.82, 2.24) is 19.9 Å². The Morgan fingerprint density at radius 1 is 0.946 bits per heavy atom. The molecule has 3 aromatic carbocycles.